The van der Waals surface area contributed by atoms with Crippen molar-refractivity contribution in [2.75, 3.05) is 26.3 Å². The van der Waals surface area contributed by atoms with Gasteiger partial charge in [0.2, 0.25) is 0 Å². The van der Waals surface area contributed by atoms with Crippen molar-refractivity contribution >= 4 is 0 Å². The van der Waals surface area contributed by atoms with Crippen molar-refractivity contribution < 1.29 is 9.84 Å². The molecule has 2 saturated heterocycles. The minimum atomic E-state index is -0.510. The van der Waals surface area contributed by atoms with Crippen molar-refractivity contribution in [3.8, 4) is 0 Å². The maximum Gasteiger partial charge on any atom is 0.0933 e. The zero-order valence-electron chi connectivity index (χ0n) is 6.68. The zero-order valence-corrected chi connectivity index (χ0v) is 6.68. The summed E-state index contributed by atoms with van der Waals surface area (Å²) >= 11 is 0. The van der Waals surface area contributed by atoms with Crippen LogP contribution in [-0.4, -0.2) is 37.0 Å². The first-order chi connectivity index (χ1) is 5.31. The standard InChI is InChI=1S/C8H15NO2/c10-8(7-4-9-5-7)2-1-3-11-6-8/h7,9-10H,1-6H2. The van der Waals surface area contributed by atoms with Gasteiger partial charge in [0.15, 0.2) is 0 Å². The van der Waals surface area contributed by atoms with Crippen LogP contribution in [0.4, 0.5) is 0 Å². The molecule has 3 nitrogen and oxygen atoms in total. The van der Waals surface area contributed by atoms with Crippen molar-refractivity contribution in [1.82, 2.24) is 5.32 Å². The van der Waals surface area contributed by atoms with Crippen LogP contribution in [0.15, 0.2) is 0 Å². The summed E-state index contributed by atoms with van der Waals surface area (Å²) in [6, 6.07) is 0. The fraction of sp³-hybridized carbons (Fsp3) is 1.00. The van der Waals surface area contributed by atoms with E-state index in [1.165, 1.54) is 0 Å². The molecule has 0 aromatic carbocycles. The predicted molar refractivity (Wildman–Crippen MR) is 41.4 cm³/mol. The van der Waals surface area contributed by atoms with Crippen LogP contribution in [0.1, 0.15) is 12.8 Å². The third kappa shape index (κ3) is 1.28. The topological polar surface area (TPSA) is 41.5 Å². The second-order valence-corrected chi connectivity index (χ2v) is 3.61. The summed E-state index contributed by atoms with van der Waals surface area (Å²) in [5.41, 5.74) is -0.510. The van der Waals surface area contributed by atoms with E-state index in [0.29, 0.717) is 12.5 Å². The molecule has 0 saturated carbocycles. The van der Waals surface area contributed by atoms with Crippen molar-refractivity contribution in [3.05, 3.63) is 0 Å². The van der Waals surface area contributed by atoms with E-state index in [9.17, 15) is 5.11 Å². The maximum atomic E-state index is 10.0. The summed E-state index contributed by atoms with van der Waals surface area (Å²) in [6.45, 7) is 3.28. The summed E-state index contributed by atoms with van der Waals surface area (Å²) in [6.07, 6.45) is 1.92. The Morgan fingerprint density at radius 2 is 2.27 bits per heavy atom. The Balaban J connectivity index is 1.94. The minimum absolute atomic E-state index is 0.433. The van der Waals surface area contributed by atoms with Crippen LogP contribution in [0.5, 0.6) is 0 Å². The highest BCUT2D eigenvalue weighted by molar-refractivity contribution is 4.95. The van der Waals surface area contributed by atoms with Gasteiger partial charge in [0, 0.05) is 25.6 Å². The van der Waals surface area contributed by atoms with Gasteiger partial charge < -0.3 is 15.2 Å². The second-order valence-electron chi connectivity index (χ2n) is 3.61. The van der Waals surface area contributed by atoms with E-state index in [1.807, 2.05) is 0 Å². The Labute approximate surface area is 66.7 Å². The predicted octanol–water partition coefficient (Wildman–Crippen LogP) is -0.253. The van der Waals surface area contributed by atoms with E-state index in [0.717, 1.165) is 32.5 Å². The van der Waals surface area contributed by atoms with Gasteiger partial charge in [-0.1, -0.05) is 0 Å². The smallest absolute Gasteiger partial charge is 0.0933 e. The molecular weight excluding hydrogens is 142 g/mol. The van der Waals surface area contributed by atoms with Gasteiger partial charge in [-0.2, -0.15) is 0 Å². The van der Waals surface area contributed by atoms with Crippen LogP contribution in [0.2, 0.25) is 0 Å². The number of hydrogen-bond donors (Lipinski definition) is 2. The number of rotatable bonds is 1. The maximum absolute atomic E-state index is 10.0. The molecule has 0 aromatic rings. The van der Waals surface area contributed by atoms with Gasteiger partial charge in [0.1, 0.15) is 0 Å². The highest BCUT2D eigenvalue weighted by Gasteiger charge is 2.41. The minimum Gasteiger partial charge on any atom is -0.387 e. The molecule has 0 spiro atoms. The molecule has 0 radical (unpaired) electrons. The first kappa shape index (κ1) is 7.53. The number of aliphatic hydroxyl groups is 1. The van der Waals surface area contributed by atoms with Gasteiger partial charge in [-0.3, -0.25) is 0 Å². The fourth-order valence-corrected chi connectivity index (χ4v) is 1.79. The molecule has 2 N–H and O–H groups in total. The SMILES string of the molecule is OC1(C2CNC2)CCCOC1. The monoisotopic (exact) mass is 157 g/mol. The summed E-state index contributed by atoms with van der Waals surface area (Å²) < 4.78 is 5.26. The average Bonchev–Trinajstić information content (AvgIpc) is 1.83. The van der Waals surface area contributed by atoms with Gasteiger partial charge in [0.05, 0.1) is 12.2 Å². The van der Waals surface area contributed by atoms with Crippen LogP contribution in [0.3, 0.4) is 0 Å². The molecule has 2 aliphatic heterocycles. The average molecular weight is 157 g/mol. The third-order valence-electron chi connectivity index (χ3n) is 2.79. The first-order valence-electron chi connectivity index (χ1n) is 4.32. The summed E-state index contributed by atoms with van der Waals surface area (Å²) in [7, 11) is 0. The Kier molecular flexibility index (Phi) is 1.87. The quantitative estimate of drug-likeness (QED) is 0.551. The molecule has 2 rings (SSSR count). The highest BCUT2D eigenvalue weighted by atomic mass is 16.5. The zero-order chi connectivity index (χ0) is 7.73. The van der Waals surface area contributed by atoms with Gasteiger partial charge >= 0.3 is 0 Å². The van der Waals surface area contributed by atoms with Crippen molar-refractivity contribution in [2.45, 2.75) is 18.4 Å². The first-order valence-corrected chi connectivity index (χ1v) is 4.32. The largest absolute Gasteiger partial charge is 0.387 e. The van der Waals surface area contributed by atoms with Crippen molar-refractivity contribution in [2.24, 2.45) is 5.92 Å². The van der Waals surface area contributed by atoms with Crippen molar-refractivity contribution in [1.29, 1.82) is 0 Å². The number of nitrogens with one attached hydrogen (secondary N) is 1. The molecule has 2 heterocycles. The molecule has 11 heavy (non-hydrogen) atoms. The summed E-state index contributed by atoms with van der Waals surface area (Å²) in [5.74, 6) is 0.433. The molecule has 1 atom stereocenters. The fourth-order valence-electron chi connectivity index (χ4n) is 1.79. The number of hydrogen-bond acceptors (Lipinski definition) is 3. The van der Waals surface area contributed by atoms with E-state index in [4.69, 9.17) is 4.74 Å². The Bertz CT molecular complexity index is 139. The molecule has 64 valence electrons. The second kappa shape index (κ2) is 2.73. The molecule has 0 amide bonds. The van der Waals surface area contributed by atoms with Gasteiger partial charge in [-0.15, -0.1) is 0 Å². The van der Waals surface area contributed by atoms with Gasteiger partial charge in [0.25, 0.3) is 0 Å². The Hall–Kier alpha value is -0.120. The molecule has 1 unspecified atom stereocenters. The number of ether oxygens (including phenoxy) is 1. The molecular formula is C8H15NO2. The van der Waals surface area contributed by atoms with Crippen LogP contribution < -0.4 is 5.32 Å². The van der Waals surface area contributed by atoms with Gasteiger partial charge in [-0.25, -0.2) is 0 Å². The molecule has 2 aliphatic rings. The van der Waals surface area contributed by atoms with E-state index in [2.05, 4.69) is 5.32 Å². The van der Waals surface area contributed by atoms with Crippen LogP contribution >= 0.6 is 0 Å². The molecule has 0 aliphatic carbocycles. The van der Waals surface area contributed by atoms with Crippen LogP contribution in [0.25, 0.3) is 0 Å². The summed E-state index contributed by atoms with van der Waals surface area (Å²) in [4.78, 5) is 0. The van der Waals surface area contributed by atoms with E-state index in [-0.39, 0.29) is 0 Å². The summed E-state index contributed by atoms with van der Waals surface area (Å²) in [5, 5.41) is 13.2. The molecule has 0 bridgehead atoms. The van der Waals surface area contributed by atoms with Gasteiger partial charge in [-0.05, 0) is 12.8 Å². The molecule has 0 aromatic heterocycles. The van der Waals surface area contributed by atoms with Crippen LogP contribution in [0, 0.1) is 5.92 Å². The van der Waals surface area contributed by atoms with E-state index >= 15 is 0 Å². The third-order valence-corrected chi connectivity index (χ3v) is 2.79. The normalized spacial score (nSPS) is 40.1. The molecule has 3 heteroatoms. The Morgan fingerprint density at radius 1 is 1.45 bits per heavy atom. The van der Waals surface area contributed by atoms with E-state index < -0.39 is 5.60 Å². The lowest BCUT2D eigenvalue weighted by atomic mass is 9.79. The molecule has 2 fully saturated rings. The lowest BCUT2D eigenvalue weighted by Gasteiger charge is -2.43. The lowest BCUT2D eigenvalue weighted by Crippen LogP contribution is -2.59. The van der Waals surface area contributed by atoms with Crippen LogP contribution in [-0.2, 0) is 4.74 Å². The highest BCUT2D eigenvalue weighted by Crippen LogP contribution is 2.29. The van der Waals surface area contributed by atoms with E-state index in [1.54, 1.807) is 0 Å². The lowest BCUT2D eigenvalue weighted by molar-refractivity contribution is -0.130. The van der Waals surface area contributed by atoms with Crippen molar-refractivity contribution in [3.63, 3.8) is 0 Å². The Morgan fingerprint density at radius 3 is 2.73 bits per heavy atom.